The lowest BCUT2D eigenvalue weighted by Gasteiger charge is -2.40. The molecular formula is C18H30N6O6. The predicted octanol–water partition coefficient (Wildman–Crippen LogP) is 0.524. The Morgan fingerprint density at radius 2 is 2.00 bits per heavy atom. The molecule has 12 heteroatoms. The van der Waals surface area contributed by atoms with Crippen LogP contribution in [0.15, 0.2) is 5.11 Å². The van der Waals surface area contributed by atoms with Crippen LogP contribution >= 0.6 is 0 Å². The second-order valence-electron chi connectivity index (χ2n) is 6.91. The third-order valence-electron chi connectivity index (χ3n) is 4.66. The molecule has 0 aliphatic carbocycles. The molecular weight excluding hydrogens is 396 g/mol. The summed E-state index contributed by atoms with van der Waals surface area (Å²) in [4.78, 5) is 52.7. The Morgan fingerprint density at radius 1 is 1.23 bits per heavy atom. The van der Waals surface area contributed by atoms with Crippen molar-refractivity contribution in [2.75, 3.05) is 45.9 Å². The molecule has 1 rings (SSSR count). The quantitative estimate of drug-likeness (QED) is 0.142. The zero-order chi connectivity index (χ0) is 22.4. The van der Waals surface area contributed by atoms with Crippen LogP contribution in [-0.4, -0.2) is 90.6 Å². The highest BCUT2D eigenvalue weighted by atomic mass is 16.5. The van der Waals surface area contributed by atoms with E-state index >= 15 is 0 Å². The van der Waals surface area contributed by atoms with E-state index in [1.807, 2.05) is 0 Å². The van der Waals surface area contributed by atoms with Gasteiger partial charge in [0.1, 0.15) is 6.61 Å². The van der Waals surface area contributed by atoms with E-state index < -0.39 is 5.97 Å². The Bertz CT molecular complexity index is 651. The maximum Gasteiger partial charge on any atom is 0.317 e. The number of piperazine rings is 1. The summed E-state index contributed by atoms with van der Waals surface area (Å²) < 4.78 is 5.15. The monoisotopic (exact) mass is 426 g/mol. The molecule has 1 heterocycles. The Morgan fingerprint density at radius 3 is 2.67 bits per heavy atom. The average Bonchev–Trinajstić information content (AvgIpc) is 2.72. The van der Waals surface area contributed by atoms with Crippen LogP contribution in [-0.2, 0) is 23.9 Å². The number of hydrogen-bond acceptors (Lipinski definition) is 7. The van der Waals surface area contributed by atoms with Gasteiger partial charge >= 0.3 is 11.9 Å². The van der Waals surface area contributed by atoms with Crippen molar-refractivity contribution < 1.29 is 29.0 Å². The number of nitrogens with zero attached hydrogens (tertiary/aromatic N) is 5. The van der Waals surface area contributed by atoms with Gasteiger partial charge in [0.2, 0.25) is 11.8 Å². The number of rotatable bonds is 13. The van der Waals surface area contributed by atoms with Gasteiger partial charge in [-0.3, -0.25) is 24.1 Å². The number of unbranched alkanes of at least 4 members (excludes halogenated alkanes) is 1. The zero-order valence-electron chi connectivity index (χ0n) is 17.3. The van der Waals surface area contributed by atoms with Crippen molar-refractivity contribution >= 4 is 23.8 Å². The number of carboxylic acid groups (broad SMARTS) is 1. The number of aliphatic carboxylic acids is 1. The minimum Gasteiger partial charge on any atom is -0.480 e. The van der Waals surface area contributed by atoms with E-state index in [-0.39, 0.29) is 62.9 Å². The smallest absolute Gasteiger partial charge is 0.317 e. The van der Waals surface area contributed by atoms with E-state index in [2.05, 4.69) is 15.3 Å². The summed E-state index contributed by atoms with van der Waals surface area (Å²) in [7, 11) is 0. The lowest BCUT2D eigenvalue weighted by molar-refractivity contribution is -0.148. The molecule has 0 saturated carbocycles. The molecule has 0 aromatic carbocycles. The van der Waals surface area contributed by atoms with Gasteiger partial charge < -0.3 is 20.1 Å². The van der Waals surface area contributed by atoms with E-state index in [0.717, 1.165) is 0 Å². The zero-order valence-corrected chi connectivity index (χ0v) is 17.3. The molecule has 12 nitrogen and oxygen atoms in total. The number of carboxylic acids is 1. The molecule has 0 aromatic rings. The first kappa shape index (κ1) is 25.2. The summed E-state index contributed by atoms with van der Waals surface area (Å²) in [5, 5.41) is 15.1. The molecule has 0 aromatic heterocycles. The van der Waals surface area contributed by atoms with Crippen LogP contribution in [0.25, 0.3) is 10.4 Å². The predicted molar refractivity (Wildman–Crippen MR) is 106 cm³/mol. The van der Waals surface area contributed by atoms with Gasteiger partial charge in [-0.25, -0.2) is 0 Å². The molecule has 168 valence electrons. The molecule has 30 heavy (non-hydrogen) atoms. The Kier molecular flexibility index (Phi) is 11.9. The van der Waals surface area contributed by atoms with Crippen LogP contribution in [0.2, 0.25) is 0 Å². The van der Waals surface area contributed by atoms with Crippen molar-refractivity contribution in [2.45, 2.75) is 45.1 Å². The minimum absolute atomic E-state index is 0.0241. The molecule has 1 atom stereocenters. The summed E-state index contributed by atoms with van der Waals surface area (Å²) in [6.07, 6.45) is 1.88. The van der Waals surface area contributed by atoms with Gasteiger partial charge in [0.25, 0.3) is 0 Å². The number of amides is 2. The fourth-order valence-corrected chi connectivity index (χ4v) is 3.02. The Labute approximate surface area is 175 Å². The topological polar surface area (TPSA) is 165 Å². The summed E-state index contributed by atoms with van der Waals surface area (Å²) in [6, 6.07) is -0.389. The first-order chi connectivity index (χ1) is 14.4. The molecule has 1 aliphatic rings. The number of nitrogens with one attached hydrogen (secondary N) is 1. The number of carbonyl (C=O) groups excluding carboxylic acids is 3. The third-order valence-corrected chi connectivity index (χ3v) is 4.66. The average molecular weight is 426 g/mol. The molecule has 1 aliphatic heterocycles. The van der Waals surface area contributed by atoms with Gasteiger partial charge in [0.05, 0.1) is 12.6 Å². The number of hydrogen-bond donors (Lipinski definition) is 2. The molecule has 2 N–H and O–H groups in total. The van der Waals surface area contributed by atoms with Crippen LogP contribution in [0.4, 0.5) is 0 Å². The van der Waals surface area contributed by atoms with E-state index in [1.165, 1.54) is 0 Å². The summed E-state index contributed by atoms with van der Waals surface area (Å²) in [5.41, 5.74) is 8.18. The second kappa shape index (κ2) is 14.2. The summed E-state index contributed by atoms with van der Waals surface area (Å²) in [6.45, 7) is 3.06. The van der Waals surface area contributed by atoms with Gasteiger partial charge in [-0.2, -0.15) is 0 Å². The Hall–Kier alpha value is -2.85. The highest BCUT2D eigenvalue weighted by molar-refractivity contribution is 5.79. The van der Waals surface area contributed by atoms with Crippen molar-refractivity contribution in [3.8, 4) is 0 Å². The lowest BCUT2D eigenvalue weighted by Crippen LogP contribution is -2.57. The molecule has 1 fully saturated rings. The van der Waals surface area contributed by atoms with Gasteiger partial charge in [-0.05, 0) is 18.4 Å². The van der Waals surface area contributed by atoms with Crippen LogP contribution in [0.1, 0.15) is 39.0 Å². The van der Waals surface area contributed by atoms with Gasteiger partial charge in [-0.15, -0.1) is 0 Å². The van der Waals surface area contributed by atoms with Crippen LogP contribution in [0, 0.1) is 0 Å². The highest BCUT2D eigenvalue weighted by Gasteiger charge is 2.31. The maximum absolute atomic E-state index is 12.5. The molecule has 0 bridgehead atoms. The molecule has 1 saturated heterocycles. The van der Waals surface area contributed by atoms with Crippen molar-refractivity contribution in [1.29, 1.82) is 0 Å². The van der Waals surface area contributed by atoms with Crippen LogP contribution in [0.5, 0.6) is 0 Å². The number of ether oxygens (including phenoxy) is 1. The summed E-state index contributed by atoms with van der Waals surface area (Å²) >= 11 is 0. The molecule has 0 spiro atoms. The largest absolute Gasteiger partial charge is 0.480 e. The molecule has 2 amide bonds. The van der Waals surface area contributed by atoms with E-state index in [4.69, 9.17) is 15.4 Å². The number of carbonyl (C=O) groups is 4. The lowest BCUT2D eigenvalue weighted by atomic mass is 10.1. The highest BCUT2D eigenvalue weighted by Crippen LogP contribution is 2.12. The summed E-state index contributed by atoms with van der Waals surface area (Å²) in [5.74, 6) is -1.68. The standard InChI is InChI=1S/C18H30N6O6/c1-2-18(29)30-13-14-11-24(10-9-23(14)12-17(27)28)16(26)6-8-20-15(25)5-3-4-7-21-22-19/h14H,2-13H2,1H3,(H,20,25)(H,27,28). The van der Waals surface area contributed by atoms with E-state index in [1.54, 1.807) is 16.7 Å². The van der Waals surface area contributed by atoms with Crippen molar-refractivity contribution in [2.24, 2.45) is 5.11 Å². The Balaban J connectivity index is 2.41. The molecule has 0 radical (unpaired) electrons. The van der Waals surface area contributed by atoms with Crippen LogP contribution < -0.4 is 5.32 Å². The van der Waals surface area contributed by atoms with Gasteiger partial charge in [0.15, 0.2) is 0 Å². The molecule has 1 unspecified atom stereocenters. The number of azide groups is 1. The third kappa shape index (κ3) is 10.1. The van der Waals surface area contributed by atoms with Crippen LogP contribution in [0.3, 0.4) is 0 Å². The normalized spacial score (nSPS) is 16.4. The first-order valence-corrected chi connectivity index (χ1v) is 10.0. The van der Waals surface area contributed by atoms with Crippen molar-refractivity contribution in [3.05, 3.63) is 10.4 Å². The minimum atomic E-state index is -0.983. The van der Waals surface area contributed by atoms with E-state index in [0.29, 0.717) is 38.9 Å². The van der Waals surface area contributed by atoms with Crippen molar-refractivity contribution in [3.63, 3.8) is 0 Å². The first-order valence-electron chi connectivity index (χ1n) is 10.0. The van der Waals surface area contributed by atoms with Gasteiger partial charge in [0, 0.05) is 56.9 Å². The second-order valence-corrected chi connectivity index (χ2v) is 6.91. The van der Waals surface area contributed by atoms with Gasteiger partial charge in [-0.1, -0.05) is 12.0 Å². The number of esters is 1. The fraction of sp³-hybridized carbons (Fsp3) is 0.778. The van der Waals surface area contributed by atoms with E-state index in [9.17, 15) is 19.2 Å². The fourth-order valence-electron chi connectivity index (χ4n) is 3.02. The maximum atomic E-state index is 12.5. The van der Waals surface area contributed by atoms with Crippen molar-refractivity contribution in [1.82, 2.24) is 15.1 Å². The SMILES string of the molecule is CCC(=O)OCC1CN(C(=O)CCNC(=O)CCCCN=[N+]=[N-])CCN1CC(=O)O.